The molecule has 0 aliphatic rings. The number of halogens is 2. The lowest BCUT2D eigenvalue weighted by atomic mass is 9.80. The molecule has 0 unspecified atom stereocenters. The van der Waals surface area contributed by atoms with Crippen LogP contribution in [-0.4, -0.2) is 11.8 Å². The first-order valence-corrected chi connectivity index (χ1v) is 7.86. The van der Waals surface area contributed by atoms with E-state index < -0.39 is 0 Å². The highest BCUT2D eigenvalue weighted by Gasteiger charge is 2.31. The van der Waals surface area contributed by atoms with Crippen molar-refractivity contribution in [2.45, 2.75) is 18.8 Å². The van der Waals surface area contributed by atoms with Crippen LogP contribution in [0.25, 0.3) is 0 Å². The summed E-state index contributed by atoms with van der Waals surface area (Å²) in [5.41, 5.74) is 2.32. The van der Waals surface area contributed by atoms with Gasteiger partial charge in [-0.2, -0.15) is 0 Å². The smallest absolute Gasteiger partial charge is 0.0335 e. The number of benzene rings is 1. The lowest BCUT2D eigenvalue weighted by molar-refractivity contribution is 0.540. The lowest BCUT2D eigenvalue weighted by Gasteiger charge is -2.30. The van der Waals surface area contributed by atoms with Crippen LogP contribution in [0.2, 0.25) is 0 Å². The Morgan fingerprint density at radius 1 is 1.11 bits per heavy atom. The zero-order valence-electron chi connectivity index (χ0n) is 10.3. The quantitative estimate of drug-likeness (QED) is 0.680. The molecule has 0 saturated heterocycles. The first kappa shape index (κ1) is 13.9. The highest BCUT2D eigenvalue weighted by molar-refractivity contribution is 7.09. The Morgan fingerprint density at radius 3 is 2.44 bits per heavy atom. The van der Waals surface area contributed by atoms with Gasteiger partial charge in [-0.1, -0.05) is 35.9 Å². The summed E-state index contributed by atoms with van der Waals surface area (Å²) in [6.07, 6.45) is 0.904. The molecule has 1 aromatic heterocycles. The van der Waals surface area contributed by atoms with Gasteiger partial charge in [0.15, 0.2) is 0 Å². The topological polar surface area (TPSA) is 0 Å². The molecule has 0 saturated carbocycles. The molecular weight excluding hydrogens is 283 g/mol. The van der Waals surface area contributed by atoms with Crippen molar-refractivity contribution in [3.8, 4) is 0 Å². The highest BCUT2D eigenvalue weighted by Crippen LogP contribution is 2.33. The van der Waals surface area contributed by atoms with Crippen LogP contribution < -0.4 is 0 Å². The SMILES string of the molecule is Cc1cccc(C(CCl)(CCl)Cc2cccs2)c1. The third-order valence-electron chi connectivity index (χ3n) is 3.23. The van der Waals surface area contributed by atoms with E-state index in [0.29, 0.717) is 11.8 Å². The van der Waals surface area contributed by atoms with Gasteiger partial charge in [-0.25, -0.2) is 0 Å². The van der Waals surface area contributed by atoms with Crippen LogP contribution in [-0.2, 0) is 11.8 Å². The molecule has 2 rings (SSSR count). The maximum absolute atomic E-state index is 6.25. The fourth-order valence-corrected chi connectivity index (χ4v) is 3.74. The summed E-state index contributed by atoms with van der Waals surface area (Å²) >= 11 is 14.3. The Morgan fingerprint density at radius 2 is 1.89 bits per heavy atom. The van der Waals surface area contributed by atoms with Gasteiger partial charge in [0.25, 0.3) is 0 Å². The molecule has 0 atom stereocenters. The van der Waals surface area contributed by atoms with E-state index >= 15 is 0 Å². The van der Waals surface area contributed by atoms with Gasteiger partial charge >= 0.3 is 0 Å². The highest BCUT2D eigenvalue weighted by atomic mass is 35.5. The predicted molar refractivity (Wildman–Crippen MR) is 82.3 cm³/mol. The minimum atomic E-state index is -0.167. The molecule has 0 nitrogen and oxygen atoms in total. The summed E-state index contributed by atoms with van der Waals surface area (Å²) in [6.45, 7) is 2.10. The fraction of sp³-hybridized carbons (Fsp3) is 0.333. The Bertz CT molecular complexity index is 487. The van der Waals surface area contributed by atoms with Crippen molar-refractivity contribution in [2.24, 2.45) is 0 Å². The van der Waals surface area contributed by atoms with Crippen LogP contribution in [0, 0.1) is 6.92 Å². The molecule has 0 aliphatic heterocycles. The van der Waals surface area contributed by atoms with Gasteiger partial charge in [-0.3, -0.25) is 0 Å². The van der Waals surface area contributed by atoms with Gasteiger partial charge < -0.3 is 0 Å². The van der Waals surface area contributed by atoms with Crippen molar-refractivity contribution in [1.82, 2.24) is 0 Å². The van der Waals surface area contributed by atoms with Crippen LogP contribution in [0.5, 0.6) is 0 Å². The number of rotatable bonds is 5. The van der Waals surface area contributed by atoms with Gasteiger partial charge in [0.2, 0.25) is 0 Å². The minimum absolute atomic E-state index is 0.167. The molecule has 0 fully saturated rings. The van der Waals surface area contributed by atoms with Gasteiger partial charge in [0, 0.05) is 22.1 Å². The average Bonchev–Trinajstić information content (AvgIpc) is 2.89. The van der Waals surface area contributed by atoms with E-state index in [2.05, 4.69) is 48.7 Å². The molecule has 0 bridgehead atoms. The maximum Gasteiger partial charge on any atom is 0.0335 e. The first-order valence-electron chi connectivity index (χ1n) is 5.92. The molecule has 96 valence electrons. The number of hydrogen-bond donors (Lipinski definition) is 0. The Labute approximate surface area is 123 Å². The maximum atomic E-state index is 6.25. The number of alkyl halides is 2. The van der Waals surface area contributed by atoms with Crippen molar-refractivity contribution >= 4 is 34.5 Å². The summed E-state index contributed by atoms with van der Waals surface area (Å²) in [6, 6.07) is 12.7. The molecule has 1 heterocycles. The second kappa shape index (κ2) is 6.10. The Balaban J connectivity index is 2.37. The van der Waals surface area contributed by atoms with E-state index in [1.807, 2.05) is 0 Å². The Hall–Kier alpha value is -0.500. The van der Waals surface area contributed by atoms with E-state index in [4.69, 9.17) is 23.2 Å². The minimum Gasteiger partial charge on any atom is -0.149 e. The number of hydrogen-bond acceptors (Lipinski definition) is 1. The first-order chi connectivity index (χ1) is 8.70. The zero-order valence-corrected chi connectivity index (χ0v) is 12.7. The van der Waals surface area contributed by atoms with Crippen LogP contribution in [0.4, 0.5) is 0 Å². The van der Waals surface area contributed by atoms with Crippen LogP contribution in [0.1, 0.15) is 16.0 Å². The molecule has 1 aromatic carbocycles. The molecule has 0 N–H and O–H groups in total. The zero-order chi connectivity index (χ0) is 13.0. The van der Waals surface area contributed by atoms with Crippen molar-refractivity contribution in [1.29, 1.82) is 0 Å². The van der Waals surface area contributed by atoms with E-state index in [9.17, 15) is 0 Å². The van der Waals surface area contributed by atoms with Gasteiger partial charge in [-0.05, 0) is 30.4 Å². The van der Waals surface area contributed by atoms with Crippen LogP contribution in [0.15, 0.2) is 41.8 Å². The van der Waals surface area contributed by atoms with Crippen molar-refractivity contribution in [3.05, 3.63) is 57.8 Å². The Kier molecular flexibility index (Phi) is 4.71. The standard InChI is InChI=1S/C15H16Cl2S/c1-12-4-2-5-13(8-12)15(10-16,11-17)9-14-6-3-7-18-14/h2-8H,9-11H2,1H3. The lowest BCUT2D eigenvalue weighted by Crippen LogP contribution is -2.33. The monoisotopic (exact) mass is 298 g/mol. The molecule has 18 heavy (non-hydrogen) atoms. The second-order valence-corrected chi connectivity index (χ2v) is 6.24. The molecule has 0 aliphatic carbocycles. The molecule has 0 spiro atoms. The number of aryl methyl sites for hydroxylation is 1. The largest absolute Gasteiger partial charge is 0.149 e. The average molecular weight is 299 g/mol. The predicted octanol–water partition coefficient (Wildman–Crippen LogP) is 5.01. The molecule has 0 amide bonds. The third kappa shape index (κ3) is 2.90. The van der Waals surface area contributed by atoms with Gasteiger partial charge in [0.1, 0.15) is 0 Å². The van der Waals surface area contributed by atoms with Gasteiger partial charge in [-0.15, -0.1) is 34.5 Å². The summed E-state index contributed by atoms with van der Waals surface area (Å²) in [7, 11) is 0. The van der Waals surface area contributed by atoms with Gasteiger partial charge in [0.05, 0.1) is 0 Å². The molecule has 3 heteroatoms. The molecule has 2 aromatic rings. The van der Waals surface area contributed by atoms with E-state index in [0.717, 1.165) is 6.42 Å². The van der Waals surface area contributed by atoms with E-state index in [-0.39, 0.29) is 5.41 Å². The number of thiophene rings is 1. The molecular formula is C15H16Cl2S. The van der Waals surface area contributed by atoms with Crippen LogP contribution in [0.3, 0.4) is 0 Å². The third-order valence-corrected chi connectivity index (χ3v) is 5.13. The summed E-state index contributed by atoms with van der Waals surface area (Å²) in [4.78, 5) is 1.33. The molecule has 0 radical (unpaired) electrons. The normalized spacial score (nSPS) is 11.7. The van der Waals surface area contributed by atoms with Crippen molar-refractivity contribution in [3.63, 3.8) is 0 Å². The summed E-state index contributed by atoms with van der Waals surface area (Å²) in [5.74, 6) is 1.08. The van der Waals surface area contributed by atoms with E-state index in [1.165, 1.54) is 16.0 Å². The van der Waals surface area contributed by atoms with Crippen molar-refractivity contribution in [2.75, 3.05) is 11.8 Å². The summed E-state index contributed by atoms with van der Waals surface area (Å²) in [5, 5.41) is 2.10. The van der Waals surface area contributed by atoms with E-state index in [1.54, 1.807) is 11.3 Å². The summed E-state index contributed by atoms with van der Waals surface area (Å²) < 4.78 is 0. The fourth-order valence-electron chi connectivity index (χ4n) is 2.11. The second-order valence-electron chi connectivity index (χ2n) is 4.67. The van der Waals surface area contributed by atoms with Crippen LogP contribution >= 0.6 is 34.5 Å². The van der Waals surface area contributed by atoms with Crippen molar-refractivity contribution < 1.29 is 0 Å².